The standard InChI is InChI=1S/C20H28ClN3O3S/c1-14-3-6-17(18(21)9-14)19(25)22-13-20(10-15-4-5-15)11-16(12-20)23-28(26,27)24-7-2-8-24/h3,6,9,15-16,23H,2,4-5,7-8,10-13H2,1H3,(H,22,25)/t16-,20+. The SMILES string of the molecule is Cc1ccc(C(=O)NC[C@]2(CC3CC3)C[C@H](NS(=O)(=O)N3CCC3)C2)c(Cl)c1. The summed E-state index contributed by atoms with van der Waals surface area (Å²) in [6.45, 7) is 3.73. The average Bonchev–Trinajstić information content (AvgIpc) is 3.32. The number of benzene rings is 1. The van der Waals surface area contributed by atoms with Gasteiger partial charge in [0.15, 0.2) is 0 Å². The minimum Gasteiger partial charge on any atom is -0.351 e. The fourth-order valence-electron chi connectivity index (χ4n) is 4.37. The second-order valence-corrected chi connectivity index (χ2v) is 10.9. The van der Waals surface area contributed by atoms with Gasteiger partial charge in [-0.2, -0.15) is 17.4 Å². The number of aryl methyl sites for hydroxylation is 1. The normalized spacial score (nSPS) is 27.7. The van der Waals surface area contributed by atoms with Crippen LogP contribution in [0.3, 0.4) is 0 Å². The number of hydrogen-bond acceptors (Lipinski definition) is 3. The van der Waals surface area contributed by atoms with E-state index in [0.29, 0.717) is 36.1 Å². The van der Waals surface area contributed by atoms with Gasteiger partial charge in [-0.15, -0.1) is 0 Å². The maximum Gasteiger partial charge on any atom is 0.279 e. The molecule has 1 amide bonds. The molecule has 8 heteroatoms. The van der Waals surface area contributed by atoms with E-state index >= 15 is 0 Å². The first-order valence-corrected chi connectivity index (χ1v) is 11.9. The van der Waals surface area contributed by atoms with E-state index in [4.69, 9.17) is 11.6 Å². The largest absolute Gasteiger partial charge is 0.351 e. The predicted octanol–water partition coefficient (Wildman–Crippen LogP) is 2.87. The van der Waals surface area contributed by atoms with Gasteiger partial charge in [-0.05, 0) is 61.6 Å². The minimum absolute atomic E-state index is 0.0177. The monoisotopic (exact) mass is 425 g/mol. The van der Waals surface area contributed by atoms with Crippen molar-refractivity contribution in [2.75, 3.05) is 19.6 Å². The van der Waals surface area contributed by atoms with E-state index in [9.17, 15) is 13.2 Å². The van der Waals surface area contributed by atoms with E-state index in [1.165, 1.54) is 17.1 Å². The number of rotatable bonds is 8. The Kier molecular flexibility index (Phi) is 5.46. The molecule has 6 nitrogen and oxygen atoms in total. The Balaban J connectivity index is 1.35. The molecule has 2 aliphatic carbocycles. The van der Waals surface area contributed by atoms with Crippen molar-refractivity contribution in [1.29, 1.82) is 0 Å². The number of hydrogen-bond donors (Lipinski definition) is 2. The summed E-state index contributed by atoms with van der Waals surface area (Å²) in [4.78, 5) is 12.6. The van der Waals surface area contributed by atoms with Gasteiger partial charge in [-0.3, -0.25) is 4.79 Å². The van der Waals surface area contributed by atoms with Gasteiger partial charge in [0.1, 0.15) is 0 Å². The summed E-state index contributed by atoms with van der Waals surface area (Å²) < 4.78 is 29.0. The third-order valence-electron chi connectivity index (χ3n) is 6.24. The number of nitrogens with one attached hydrogen (secondary N) is 2. The van der Waals surface area contributed by atoms with Crippen molar-refractivity contribution in [3.8, 4) is 0 Å². The van der Waals surface area contributed by atoms with Crippen LogP contribution in [0.5, 0.6) is 0 Å². The lowest BCUT2D eigenvalue weighted by Gasteiger charge is -2.49. The van der Waals surface area contributed by atoms with Gasteiger partial charge in [0.25, 0.3) is 16.1 Å². The lowest BCUT2D eigenvalue weighted by atomic mass is 9.63. The van der Waals surface area contributed by atoms with Crippen molar-refractivity contribution in [1.82, 2.24) is 14.3 Å². The highest BCUT2D eigenvalue weighted by Gasteiger charge is 2.48. The fraction of sp³-hybridized carbons (Fsp3) is 0.650. The van der Waals surface area contributed by atoms with Gasteiger partial charge in [-0.25, -0.2) is 0 Å². The Morgan fingerprint density at radius 2 is 2.00 bits per heavy atom. The molecule has 28 heavy (non-hydrogen) atoms. The van der Waals surface area contributed by atoms with Crippen LogP contribution in [0.25, 0.3) is 0 Å². The Bertz CT molecular complexity index is 859. The molecule has 4 rings (SSSR count). The van der Waals surface area contributed by atoms with Crippen LogP contribution in [-0.4, -0.2) is 44.3 Å². The Hall–Kier alpha value is -1.15. The summed E-state index contributed by atoms with van der Waals surface area (Å²) in [5, 5.41) is 3.51. The average molecular weight is 426 g/mol. The maximum absolute atomic E-state index is 12.6. The van der Waals surface area contributed by atoms with Gasteiger partial charge in [0.05, 0.1) is 10.6 Å². The third kappa shape index (κ3) is 4.37. The van der Waals surface area contributed by atoms with Gasteiger partial charge >= 0.3 is 0 Å². The molecule has 0 bridgehead atoms. The van der Waals surface area contributed by atoms with Crippen molar-refractivity contribution < 1.29 is 13.2 Å². The third-order valence-corrected chi connectivity index (χ3v) is 8.23. The second kappa shape index (κ2) is 7.59. The second-order valence-electron chi connectivity index (χ2n) is 8.79. The first-order chi connectivity index (χ1) is 13.3. The van der Waals surface area contributed by atoms with Crippen molar-refractivity contribution >= 4 is 27.7 Å². The van der Waals surface area contributed by atoms with Crippen molar-refractivity contribution in [3.05, 3.63) is 34.3 Å². The smallest absolute Gasteiger partial charge is 0.279 e. The molecule has 2 saturated carbocycles. The molecule has 0 spiro atoms. The van der Waals surface area contributed by atoms with Gasteiger partial charge in [-0.1, -0.05) is 30.5 Å². The zero-order chi connectivity index (χ0) is 19.9. The van der Waals surface area contributed by atoms with Crippen LogP contribution in [0.15, 0.2) is 18.2 Å². The molecule has 0 unspecified atom stereocenters. The van der Waals surface area contributed by atoms with E-state index in [2.05, 4.69) is 10.0 Å². The molecular formula is C20H28ClN3O3S. The summed E-state index contributed by atoms with van der Waals surface area (Å²) in [6.07, 6.45) is 6.02. The molecule has 1 aromatic rings. The van der Waals surface area contributed by atoms with E-state index in [1.54, 1.807) is 12.1 Å². The minimum atomic E-state index is -3.35. The number of carbonyl (C=O) groups is 1. The van der Waals surface area contributed by atoms with Crippen LogP contribution >= 0.6 is 11.6 Å². The molecular weight excluding hydrogens is 398 g/mol. The first-order valence-electron chi connectivity index (χ1n) is 10.1. The van der Waals surface area contributed by atoms with Crippen molar-refractivity contribution in [2.24, 2.45) is 11.3 Å². The zero-order valence-corrected chi connectivity index (χ0v) is 17.8. The first kappa shape index (κ1) is 20.1. The van der Waals surface area contributed by atoms with Gasteiger partial charge in [0, 0.05) is 25.7 Å². The number of halogens is 1. The van der Waals surface area contributed by atoms with Crippen LogP contribution in [0.2, 0.25) is 5.02 Å². The lowest BCUT2D eigenvalue weighted by Crippen LogP contribution is -2.58. The van der Waals surface area contributed by atoms with Crippen LogP contribution in [0.4, 0.5) is 0 Å². The summed E-state index contributed by atoms with van der Waals surface area (Å²) in [5.41, 5.74) is 1.49. The highest BCUT2D eigenvalue weighted by molar-refractivity contribution is 7.87. The summed E-state index contributed by atoms with van der Waals surface area (Å²) in [7, 11) is -3.35. The Morgan fingerprint density at radius 1 is 1.29 bits per heavy atom. The molecule has 1 aromatic carbocycles. The van der Waals surface area contributed by atoms with Crippen LogP contribution in [0, 0.1) is 18.3 Å². The summed E-state index contributed by atoms with van der Waals surface area (Å²) >= 11 is 6.22. The molecule has 3 fully saturated rings. The highest BCUT2D eigenvalue weighted by atomic mass is 35.5. The molecule has 1 aliphatic heterocycles. The van der Waals surface area contributed by atoms with Crippen LogP contribution in [0.1, 0.15) is 54.4 Å². The molecule has 3 aliphatic rings. The molecule has 2 N–H and O–H groups in total. The molecule has 0 radical (unpaired) electrons. The van der Waals surface area contributed by atoms with Crippen LogP contribution < -0.4 is 10.0 Å². The van der Waals surface area contributed by atoms with Crippen molar-refractivity contribution in [2.45, 2.75) is 51.5 Å². The van der Waals surface area contributed by atoms with E-state index in [1.807, 2.05) is 13.0 Å². The fourth-order valence-corrected chi connectivity index (χ4v) is 6.16. The Morgan fingerprint density at radius 3 is 2.57 bits per heavy atom. The molecule has 1 heterocycles. The maximum atomic E-state index is 12.6. The number of carbonyl (C=O) groups excluding carboxylic acids is 1. The summed E-state index contributed by atoms with van der Waals surface area (Å²) in [5.74, 6) is 0.553. The number of nitrogens with zero attached hydrogens (tertiary/aromatic N) is 1. The summed E-state index contributed by atoms with van der Waals surface area (Å²) in [6, 6.07) is 5.39. The zero-order valence-electron chi connectivity index (χ0n) is 16.2. The molecule has 0 atom stereocenters. The molecule has 154 valence electrons. The predicted molar refractivity (Wildman–Crippen MR) is 110 cm³/mol. The quantitative estimate of drug-likeness (QED) is 0.672. The topological polar surface area (TPSA) is 78.5 Å². The lowest BCUT2D eigenvalue weighted by molar-refractivity contribution is 0.0652. The van der Waals surface area contributed by atoms with E-state index in [-0.39, 0.29) is 17.4 Å². The molecule has 1 saturated heterocycles. The van der Waals surface area contributed by atoms with Crippen LogP contribution in [-0.2, 0) is 10.2 Å². The van der Waals surface area contributed by atoms with E-state index in [0.717, 1.165) is 31.2 Å². The molecule has 0 aromatic heterocycles. The van der Waals surface area contributed by atoms with Gasteiger partial charge in [0.2, 0.25) is 0 Å². The number of amides is 1. The highest BCUT2D eigenvalue weighted by Crippen LogP contribution is 2.51. The van der Waals surface area contributed by atoms with E-state index < -0.39 is 10.2 Å². The van der Waals surface area contributed by atoms with Crippen molar-refractivity contribution in [3.63, 3.8) is 0 Å². The van der Waals surface area contributed by atoms with Gasteiger partial charge < -0.3 is 5.32 Å². The Labute approximate surface area is 172 Å².